The van der Waals surface area contributed by atoms with E-state index in [4.69, 9.17) is 0 Å². The molecule has 1 amide bonds. The van der Waals surface area contributed by atoms with Crippen LogP contribution in [0, 0.1) is 19.7 Å². The highest BCUT2D eigenvalue weighted by atomic mass is 32.2. The van der Waals surface area contributed by atoms with Crippen molar-refractivity contribution in [1.29, 1.82) is 0 Å². The smallest absolute Gasteiger partial charge is 0.255 e. The van der Waals surface area contributed by atoms with Crippen LogP contribution in [0.1, 0.15) is 40.7 Å². The molecule has 0 radical (unpaired) electrons. The number of rotatable bonds is 4. The Balaban J connectivity index is 1.90. The minimum atomic E-state index is -3.96. The molecular formula is C20H23FN2O3S. The molecular weight excluding hydrogens is 367 g/mol. The largest absolute Gasteiger partial charge is 0.322 e. The van der Waals surface area contributed by atoms with E-state index in [0.29, 0.717) is 18.8 Å². The average molecular weight is 390 g/mol. The van der Waals surface area contributed by atoms with Crippen LogP contribution in [0.4, 0.5) is 10.1 Å². The molecule has 1 saturated heterocycles. The van der Waals surface area contributed by atoms with Gasteiger partial charge in [0, 0.05) is 24.3 Å². The molecule has 3 rings (SSSR count). The van der Waals surface area contributed by atoms with E-state index in [1.807, 2.05) is 26.0 Å². The van der Waals surface area contributed by atoms with E-state index in [1.54, 1.807) is 6.07 Å². The van der Waals surface area contributed by atoms with E-state index >= 15 is 0 Å². The third-order valence-electron chi connectivity index (χ3n) is 4.98. The fraction of sp³-hybridized carbons (Fsp3) is 0.350. The number of hydrogen-bond acceptors (Lipinski definition) is 3. The normalized spacial score (nSPS) is 15.5. The predicted molar refractivity (Wildman–Crippen MR) is 103 cm³/mol. The summed E-state index contributed by atoms with van der Waals surface area (Å²) in [5.74, 6) is -1.32. The molecule has 2 aromatic rings. The molecule has 5 nitrogen and oxygen atoms in total. The van der Waals surface area contributed by atoms with Crippen LogP contribution in [-0.2, 0) is 10.0 Å². The molecule has 0 atom stereocenters. The molecule has 2 aromatic carbocycles. The highest BCUT2D eigenvalue weighted by molar-refractivity contribution is 7.89. The van der Waals surface area contributed by atoms with Gasteiger partial charge in [0.05, 0.1) is 0 Å². The molecule has 0 bridgehead atoms. The number of amides is 1. The number of halogens is 1. The third-order valence-corrected chi connectivity index (χ3v) is 6.89. The van der Waals surface area contributed by atoms with Gasteiger partial charge in [-0.1, -0.05) is 18.6 Å². The summed E-state index contributed by atoms with van der Waals surface area (Å²) < 4.78 is 41.2. The number of sulfonamides is 1. The molecule has 0 aromatic heterocycles. The molecule has 1 fully saturated rings. The predicted octanol–water partition coefficient (Wildman–Crippen LogP) is 3.87. The lowest BCUT2D eigenvalue weighted by atomic mass is 10.1. The maximum atomic E-state index is 14.3. The molecule has 27 heavy (non-hydrogen) atoms. The Morgan fingerprint density at radius 2 is 1.78 bits per heavy atom. The summed E-state index contributed by atoms with van der Waals surface area (Å²) >= 11 is 0. The molecule has 0 saturated carbocycles. The van der Waals surface area contributed by atoms with Crippen molar-refractivity contribution in [3.05, 3.63) is 58.9 Å². The van der Waals surface area contributed by atoms with Crippen molar-refractivity contribution in [3.63, 3.8) is 0 Å². The van der Waals surface area contributed by atoms with E-state index in [9.17, 15) is 17.6 Å². The van der Waals surface area contributed by atoms with E-state index in [1.165, 1.54) is 10.4 Å². The van der Waals surface area contributed by atoms with Gasteiger partial charge in [0.25, 0.3) is 5.91 Å². The molecule has 144 valence electrons. The zero-order chi connectivity index (χ0) is 19.6. The summed E-state index contributed by atoms with van der Waals surface area (Å²) in [5, 5.41) is 2.78. The van der Waals surface area contributed by atoms with Gasteiger partial charge >= 0.3 is 0 Å². The Kier molecular flexibility index (Phi) is 5.62. The third kappa shape index (κ3) is 4.04. The van der Waals surface area contributed by atoms with Crippen molar-refractivity contribution in [2.45, 2.75) is 38.0 Å². The van der Waals surface area contributed by atoms with Crippen LogP contribution >= 0.6 is 0 Å². The number of piperidine rings is 1. The second kappa shape index (κ2) is 7.78. The second-order valence-electron chi connectivity index (χ2n) is 6.81. The number of nitrogens with zero attached hydrogens (tertiary/aromatic N) is 1. The average Bonchev–Trinajstić information content (AvgIpc) is 2.66. The summed E-state index contributed by atoms with van der Waals surface area (Å²) in [4.78, 5) is 12.2. The van der Waals surface area contributed by atoms with Gasteiger partial charge in [0.2, 0.25) is 10.0 Å². The maximum absolute atomic E-state index is 14.3. The summed E-state index contributed by atoms with van der Waals surface area (Å²) in [6.45, 7) is 4.58. The van der Waals surface area contributed by atoms with Crippen LogP contribution < -0.4 is 5.32 Å². The summed E-state index contributed by atoms with van der Waals surface area (Å²) in [6.07, 6.45) is 2.48. The molecule has 0 unspecified atom stereocenters. The molecule has 1 heterocycles. The topological polar surface area (TPSA) is 66.5 Å². The van der Waals surface area contributed by atoms with Crippen molar-refractivity contribution in [2.75, 3.05) is 18.4 Å². The van der Waals surface area contributed by atoms with Crippen LogP contribution in [0.15, 0.2) is 41.3 Å². The number of carbonyl (C=O) groups excluding carboxylic acids is 1. The van der Waals surface area contributed by atoms with Crippen LogP contribution in [0.2, 0.25) is 0 Å². The van der Waals surface area contributed by atoms with E-state index in [-0.39, 0.29) is 5.56 Å². The fourth-order valence-corrected chi connectivity index (χ4v) is 4.78. The lowest BCUT2D eigenvalue weighted by Crippen LogP contribution is -2.36. The Labute approximate surface area is 159 Å². The van der Waals surface area contributed by atoms with Gasteiger partial charge in [-0.15, -0.1) is 0 Å². The highest BCUT2D eigenvalue weighted by Crippen LogP contribution is 2.25. The molecule has 0 aliphatic carbocycles. The van der Waals surface area contributed by atoms with Crippen molar-refractivity contribution in [3.8, 4) is 0 Å². The quantitative estimate of drug-likeness (QED) is 0.862. The maximum Gasteiger partial charge on any atom is 0.255 e. The first kappa shape index (κ1) is 19.5. The first-order chi connectivity index (χ1) is 12.8. The minimum Gasteiger partial charge on any atom is -0.322 e. The fourth-order valence-electron chi connectivity index (χ4n) is 3.17. The molecule has 7 heteroatoms. The number of nitrogens with one attached hydrogen (secondary N) is 1. The molecule has 1 N–H and O–H groups in total. The van der Waals surface area contributed by atoms with Crippen molar-refractivity contribution < 1.29 is 17.6 Å². The zero-order valence-electron chi connectivity index (χ0n) is 15.5. The van der Waals surface area contributed by atoms with Gasteiger partial charge in [0.1, 0.15) is 10.7 Å². The van der Waals surface area contributed by atoms with Crippen LogP contribution in [0.25, 0.3) is 0 Å². The number of aryl methyl sites for hydroxylation is 1. The Bertz CT molecular complexity index is 967. The minimum absolute atomic E-state index is 0.105. The summed E-state index contributed by atoms with van der Waals surface area (Å²) in [5.41, 5.74) is 2.70. The molecule has 1 aliphatic heterocycles. The molecule has 1 aliphatic rings. The first-order valence-corrected chi connectivity index (χ1v) is 10.4. The monoisotopic (exact) mass is 390 g/mol. The SMILES string of the molecule is Cc1cccc(NC(=O)c2ccc(F)c(S(=O)(=O)N3CCCCC3)c2)c1C. The van der Waals surface area contributed by atoms with Crippen molar-refractivity contribution in [1.82, 2.24) is 4.31 Å². The van der Waals surface area contributed by atoms with Crippen molar-refractivity contribution >= 4 is 21.6 Å². The van der Waals surface area contributed by atoms with Crippen LogP contribution in [0.3, 0.4) is 0 Å². The van der Waals surface area contributed by atoms with E-state index < -0.39 is 26.6 Å². The highest BCUT2D eigenvalue weighted by Gasteiger charge is 2.29. The van der Waals surface area contributed by atoms with E-state index in [2.05, 4.69) is 5.32 Å². The summed E-state index contributed by atoms with van der Waals surface area (Å²) in [7, 11) is -3.96. The van der Waals surface area contributed by atoms with Crippen LogP contribution in [-0.4, -0.2) is 31.7 Å². The van der Waals surface area contributed by atoms with E-state index in [0.717, 1.165) is 42.5 Å². The van der Waals surface area contributed by atoms with Crippen LogP contribution in [0.5, 0.6) is 0 Å². The lowest BCUT2D eigenvalue weighted by molar-refractivity contribution is 0.102. The van der Waals surface area contributed by atoms with Gasteiger partial charge in [-0.2, -0.15) is 4.31 Å². The lowest BCUT2D eigenvalue weighted by Gasteiger charge is -2.26. The Hall–Kier alpha value is -2.25. The number of benzene rings is 2. The standard InChI is InChI=1S/C20H23FN2O3S/c1-14-7-6-8-18(15(14)2)22-20(24)16-9-10-17(21)19(13-16)27(25,26)23-11-4-3-5-12-23/h6-10,13H,3-5,11-12H2,1-2H3,(H,22,24). The van der Waals surface area contributed by atoms with Gasteiger partial charge in [-0.3, -0.25) is 4.79 Å². The number of anilines is 1. The van der Waals surface area contributed by atoms with Gasteiger partial charge < -0.3 is 5.32 Å². The van der Waals surface area contributed by atoms with Crippen molar-refractivity contribution in [2.24, 2.45) is 0 Å². The number of carbonyl (C=O) groups is 1. The first-order valence-electron chi connectivity index (χ1n) is 8.98. The zero-order valence-corrected chi connectivity index (χ0v) is 16.3. The Morgan fingerprint density at radius 3 is 2.48 bits per heavy atom. The molecule has 0 spiro atoms. The number of hydrogen-bond donors (Lipinski definition) is 1. The second-order valence-corrected chi connectivity index (χ2v) is 8.72. The van der Waals surface area contributed by atoms with Gasteiger partial charge in [0.15, 0.2) is 0 Å². The Morgan fingerprint density at radius 1 is 1.07 bits per heavy atom. The van der Waals surface area contributed by atoms with Gasteiger partial charge in [-0.05, 0) is 62.1 Å². The summed E-state index contributed by atoms with van der Waals surface area (Å²) in [6, 6.07) is 9.00. The van der Waals surface area contributed by atoms with Gasteiger partial charge in [-0.25, -0.2) is 12.8 Å².